The predicted octanol–water partition coefficient (Wildman–Crippen LogP) is 3.12. The summed E-state index contributed by atoms with van der Waals surface area (Å²) >= 11 is 5.83. The van der Waals surface area contributed by atoms with Gasteiger partial charge in [0.1, 0.15) is 18.4 Å². The third kappa shape index (κ3) is 6.34. The Hall–Kier alpha value is -3.50. The lowest BCUT2D eigenvalue weighted by molar-refractivity contribution is -0.138. The maximum atomic E-state index is 12.1. The third-order valence-electron chi connectivity index (χ3n) is 3.45. The number of halogens is 1. The molecular weight excluding hydrogens is 382 g/mol. The van der Waals surface area contributed by atoms with Crippen molar-refractivity contribution in [2.45, 2.75) is 13.5 Å². The zero-order valence-electron chi connectivity index (χ0n) is 15.1. The second-order valence-electron chi connectivity index (χ2n) is 5.43. The number of rotatable bonds is 8. The maximum absolute atomic E-state index is 12.1. The molecule has 28 heavy (non-hydrogen) atoms. The fourth-order valence-electron chi connectivity index (χ4n) is 2.04. The third-order valence-corrected chi connectivity index (χ3v) is 3.71. The maximum Gasteiger partial charge on any atom is 0.350 e. The van der Waals surface area contributed by atoms with Gasteiger partial charge < -0.3 is 14.9 Å². The first-order valence-corrected chi connectivity index (χ1v) is 8.72. The molecule has 0 bridgehead atoms. The Kier molecular flexibility index (Phi) is 7.88. The minimum atomic E-state index is -0.767. The fraction of sp³-hybridized carbons (Fsp3) is 0.150. The number of ether oxygens (including phenoxy) is 2. The summed E-state index contributed by atoms with van der Waals surface area (Å²) in [5.41, 5.74) is 5.82. The lowest BCUT2D eigenvalue weighted by atomic mass is 10.1. The normalized spacial score (nSPS) is 10.5. The largest absolute Gasteiger partial charge is 0.489 e. The number of carbonyl (C=O) groups is 2. The van der Waals surface area contributed by atoms with Gasteiger partial charge >= 0.3 is 5.97 Å². The summed E-state index contributed by atoms with van der Waals surface area (Å²) < 4.78 is 10.3. The molecule has 0 fully saturated rings. The summed E-state index contributed by atoms with van der Waals surface area (Å²) in [6.07, 6.45) is 1.07. The smallest absolute Gasteiger partial charge is 0.350 e. The molecule has 0 aromatic heterocycles. The number of esters is 1. The highest BCUT2D eigenvalue weighted by atomic mass is 35.5. The zero-order chi connectivity index (χ0) is 20.4. The van der Waals surface area contributed by atoms with Gasteiger partial charge in [0.05, 0.1) is 6.61 Å². The quantitative estimate of drug-likeness (QED) is 0.306. The number of amides is 1. The molecule has 0 heterocycles. The minimum Gasteiger partial charge on any atom is -0.489 e. The SMILES string of the molecule is CCOC(=O)/C(C#N)=C/NNC(=O)c1ccc(COc2ccc(Cl)cc2)cc1. The van der Waals surface area contributed by atoms with Crippen molar-refractivity contribution >= 4 is 23.5 Å². The molecular formula is C20H18ClN3O4. The molecule has 0 saturated carbocycles. The Labute approximate surface area is 167 Å². The average molecular weight is 400 g/mol. The fourth-order valence-corrected chi connectivity index (χ4v) is 2.17. The number of nitrogens with zero attached hydrogens (tertiary/aromatic N) is 1. The summed E-state index contributed by atoms with van der Waals surface area (Å²) in [6, 6.07) is 15.5. The highest BCUT2D eigenvalue weighted by Gasteiger charge is 2.10. The minimum absolute atomic E-state index is 0.151. The van der Waals surface area contributed by atoms with Crippen LogP contribution in [0, 0.1) is 11.3 Å². The van der Waals surface area contributed by atoms with Crippen LogP contribution in [0.3, 0.4) is 0 Å². The van der Waals surface area contributed by atoms with Crippen molar-refractivity contribution in [3.8, 4) is 11.8 Å². The van der Waals surface area contributed by atoms with Gasteiger partial charge in [0.15, 0.2) is 5.57 Å². The van der Waals surface area contributed by atoms with Crippen molar-refractivity contribution in [1.82, 2.24) is 10.9 Å². The van der Waals surface area contributed by atoms with E-state index in [4.69, 9.17) is 26.3 Å². The Bertz CT molecular complexity index is 887. The summed E-state index contributed by atoms with van der Waals surface area (Å²) in [5, 5.41) is 9.53. The molecule has 0 atom stereocenters. The van der Waals surface area contributed by atoms with Crippen LogP contribution in [0.4, 0.5) is 0 Å². The number of hydrazine groups is 1. The molecule has 8 heteroatoms. The number of carbonyl (C=O) groups excluding carboxylic acids is 2. The molecule has 144 valence electrons. The monoisotopic (exact) mass is 399 g/mol. The summed E-state index contributed by atoms with van der Waals surface area (Å²) in [4.78, 5) is 23.5. The van der Waals surface area contributed by atoms with Gasteiger partial charge in [-0.2, -0.15) is 5.26 Å². The molecule has 0 saturated heterocycles. The molecule has 0 aliphatic heterocycles. The molecule has 0 aliphatic rings. The van der Waals surface area contributed by atoms with E-state index >= 15 is 0 Å². The molecule has 0 radical (unpaired) electrons. The van der Waals surface area contributed by atoms with Gasteiger partial charge in [0, 0.05) is 16.8 Å². The van der Waals surface area contributed by atoms with Crippen LogP contribution in [0.2, 0.25) is 5.02 Å². The highest BCUT2D eigenvalue weighted by molar-refractivity contribution is 6.30. The van der Waals surface area contributed by atoms with Crippen molar-refractivity contribution < 1.29 is 19.1 Å². The van der Waals surface area contributed by atoms with Crippen LogP contribution in [0.25, 0.3) is 0 Å². The molecule has 2 N–H and O–H groups in total. The van der Waals surface area contributed by atoms with E-state index in [9.17, 15) is 9.59 Å². The number of nitrogens with one attached hydrogen (secondary N) is 2. The molecule has 0 spiro atoms. The molecule has 2 rings (SSSR count). The van der Waals surface area contributed by atoms with E-state index in [1.54, 1.807) is 61.5 Å². The number of nitriles is 1. The Morgan fingerprint density at radius 1 is 1.14 bits per heavy atom. The van der Waals surface area contributed by atoms with E-state index in [-0.39, 0.29) is 12.2 Å². The number of hydrogen-bond donors (Lipinski definition) is 2. The Morgan fingerprint density at radius 3 is 2.43 bits per heavy atom. The second-order valence-corrected chi connectivity index (χ2v) is 5.86. The average Bonchev–Trinajstić information content (AvgIpc) is 2.71. The van der Waals surface area contributed by atoms with Crippen LogP contribution < -0.4 is 15.6 Å². The van der Waals surface area contributed by atoms with Crippen LogP contribution in [0.1, 0.15) is 22.8 Å². The van der Waals surface area contributed by atoms with E-state index in [1.165, 1.54) is 0 Å². The molecule has 2 aromatic carbocycles. The first-order chi connectivity index (χ1) is 13.5. The highest BCUT2D eigenvalue weighted by Crippen LogP contribution is 2.17. The molecule has 7 nitrogen and oxygen atoms in total. The van der Waals surface area contributed by atoms with Crippen molar-refractivity contribution in [2.24, 2.45) is 0 Å². The first-order valence-electron chi connectivity index (χ1n) is 8.34. The summed E-state index contributed by atoms with van der Waals surface area (Å²) in [6.45, 7) is 2.13. The predicted molar refractivity (Wildman–Crippen MR) is 103 cm³/mol. The van der Waals surface area contributed by atoms with Gasteiger partial charge in [-0.1, -0.05) is 23.7 Å². The van der Waals surface area contributed by atoms with Gasteiger partial charge in [-0.15, -0.1) is 0 Å². The molecule has 1 amide bonds. The lowest BCUT2D eigenvalue weighted by Crippen LogP contribution is -2.34. The number of benzene rings is 2. The second kappa shape index (κ2) is 10.6. The van der Waals surface area contributed by atoms with E-state index in [1.807, 2.05) is 0 Å². The van der Waals surface area contributed by atoms with E-state index in [0.717, 1.165) is 11.8 Å². The van der Waals surface area contributed by atoms with E-state index in [0.29, 0.717) is 22.9 Å². The van der Waals surface area contributed by atoms with Crippen molar-refractivity contribution in [3.05, 3.63) is 76.5 Å². The standard InChI is InChI=1S/C20H18ClN3O4/c1-2-27-20(26)16(11-22)12-23-24-19(25)15-5-3-14(4-6-15)13-28-18-9-7-17(21)8-10-18/h3-10,12,23H,2,13H2,1H3,(H,24,25)/b16-12+. The molecule has 2 aromatic rings. The lowest BCUT2D eigenvalue weighted by Gasteiger charge is -2.08. The molecule has 0 unspecified atom stereocenters. The van der Waals surface area contributed by atoms with Crippen LogP contribution >= 0.6 is 11.6 Å². The van der Waals surface area contributed by atoms with Crippen molar-refractivity contribution in [3.63, 3.8) is 0 Å². The van der Waals surface area contributed by atoms with E-state index in [2.05, 4.69) is 10.9 Å². The van der Waals surface area contributed by atoms with Gasteiger partial charge in [-0.25, -0.2) is 4.79 Å². The number of hydrogen-bond acceptors (Lipinski definition) is 6. The van der Waals surface area contributed by atoms with E-state index < -0.39 is 11.9 Å². The van der Waals surface area contributed by atoms with Crippen molar-refractivity contribution in [2.75, 3.05) is 6.61 Å². The molecule has 0 aliphatic carbocycles. The van der Waals surface area contributed by atoms with Gasteiger partial charge in [0.25, 0.3) is 5.91 Å². The van der Waals surface area contributed by atoms with Gasteiger partial charge in [-0.3, -0.25) is 10.2 Å². The summed E-state index contributed by atoms with van der Waals surface area (Å²) in [5.74, 6) is -0.503. The Balaban J connectivity index is 1.86. The zero-order valence-corrected chi connectivity index (χ0v) is 15.8. The van der Waals surface area contributed by atoms with Crippen LogP contribution in [-0.4, -0.2) is 18.5 Å². The van der Waals surface area contributed by atoms with Crippen LogP contribution in [0.15, 0.2) is 60.3 Å². The van der Waals surface area contributed by atoms with Gasteiger partial charge in [0.2, 0.25) is 0 Å². The Morgan fingerprint density at radius 2 is 1.82 bits per heavy atom. The van der Waals surface area contributed by atoms with Crippen molar-refractivity contribution in [1.29, 1.82) is 5.26 Å². The van der Waals surface area contributed by atoms with Gasteiger partial charge in [-0.05, 0) is 48.9 Å². The van der Waals surface area contributed by atoms with Crippen LogP contribution in [-0.2, 0) is 16.1 Å². The summed E-state index contributed by atoms with van der Waals surface area (Å²) in [7, 11) is 0. The topological polar surface area (TPSA) is 100 Å². The van der Waals surface area contributed by atoms with Crippen LogP contribution in [0.5, 0.6) is 5.75 Å². The first kappa shape index (κ1) is 20.8.